The zero-order valence-corrected chi connectivity index (χ0v) is 9.13. The number of isocyanates is 1. The maximum Gasteiger partial charge on any atom is 0.310 e. The third kappa shape index (κ3) is 2.60. The van der Waals surface area contributed by atoms with E-state index in [1.54, 1.807) is 12.2 Å². The Kier molecular flexibility index (Phi) is 4.17. The molecule has 0 bridgehead atoms. The van der Waals surface area contributed by atoms with Gasteiger partial charge in [0.1, 0.15) is 0 Å². The van der Waals surface area contributed by atoms with Crippen LogP contribution in [0.1, 0.15) is 19.3 Å². The minimum Gasteiger partial charge on any atom is -0.481 e. The summed E-state index contributed by atoms with van der Waals surface area (Å²) in [6, 6.07) is 0. The van der Waals surface area contributed by atoms with E-state index in [-0.39, 0.29) is 25.8 Å². The van der Waals surface area contributed by atoms with E-state index in [2.05, 4.69) is 4.99 Å². The maximum atomic E-state index is 11.3. The van der Waals surface area contributed by atoms with Gasteiger partial charge in [0.2, 0.25) is 6.08 Å². The highest BCUT2D eigenvalue weighted by Crippen LogP contribution is 2.41. The number of nitrogens with zero attached hydrogens (tertiary/aromatic N) is 1. The molecule has 0 heterocycles. The lowest BCUT2D eigenvalue weighted by molar-refractivity contribution is -0.163. The maximum absolute atomic E-state index is 11.3. The zero-order valence-electron chi connectivity index (χ0n) is 9.13. The molecule has 1 aliphatic rings. The molecule has 0 radical (unpaired) electrons. The molecule has 2 unspecified atom stereocenters. The minimum atomic E-state index is -1.37. The highest BCUT2D eigenvalue weighted by molar-refractivity contribution is 5.84. The molecular weight excluding hydrogens is 226 g/mol. The van der Waals surface area contributed by atoms with Crippen molar-refractivity contribution in [3.8, 4) is 0 Å². The first-order chi connectivity index (χ1) is 8.04. The molecule has 2 atom stereocenters. The van der Waals surface area contributed by atoms with Crippen molar-refractivity contribution in [2.45, 2.75) is 19.3 Å². The van der Waals surface area contributed by atoms with Crippen molar-refractivity contribution in [1.29, 1.82) is 0 Å². The van der Waals surface area contributed by atoms with Crippen molar-refractivity contribution in [1.82, 2.24) is 0 Å². The summed E-state index contributed by atoms with van der Waals surface area (Å²) in [4.78, 5) is 35.7. The number of aliphatic imine (C=N–C) groups is 1. The number of carbonyl (C=O) groups excluding carboxylic acids is 1. The molecule has 1 aliphatic carbocycles. The molecule has 0 amide bonds. The molecule has 17 heavy (non-hydrogen) atoms. The average molecular weight is 239 g/mol. The van der Waals surface area contributed by atoms with Crippen LogP contribution in [-0.4, -0.2) is 34.8 Å². The summed E-state index contributed by atoms with van der Waals surface area (Å²) in [5, 5.41) is 18.3. The van der Waals surface area contributed by atoms with Crippen molar-refractivity contribution >= 4 is 18.0 Å². The third-order valence-electron chi connectivity index (χ3n) is 3.15. The van der Waals surface area contributed by atoms with E-state index in [0.29, 0.717) is 0 Å². The smallest absolute Gasteiger partial charge is 0.310 e. The fourth-order valence-electron chi connectivity index (χ4n) is 2.15. The summed E-state index contributed by atoms with van der Waals surface area (Å²) in [7, 11) is 0. The highest BCUT2D eigenvalue weighted by Gasteiger charge is 2.49. The lowest BCUT2D eigenvalue weighted by atomic mass is 9.66. The van der Waals surface area contributed by atoms with Crippen molar-refractivity contribution in [2.24, 2.45) is 16.3 Å². The molecular formula is C11H13NO5. The van der Waals surface area contributed by atoms with Crippen molar-refractivity contribution < 1.29 is 24.6 Å². The Morgan fingerprint density at radius 1 is 1.41 bits per heavy atom. The summed E-state index contributed by atoms with van der Waals surface area (Å²) in [6.07, 6.45) is 5.02. The van der Waals surface area contributed by atoms with Crippen LogP contribution >= 0.6 is 0 Å². The van der Waals surface area contributed by atoms with Gasteiger partial charge in [-0.15, -0.1) is 0 Å². The van der Waals surface area contributed by atoms with E-state index < -0.39 is 23.3 Å². The van der Waals surface area contributed by atoms with Gasteiger partial charge in [-0.1, -0.05) is 12.2 Å². The normalized spacial score (nSPS) is 27.2. The number of hydrogen-bond donors (Lipinski definition) is 2. The molecule has 6 heteroatoms. The van der Waals surface area contributed by atoms with Gasteiger partial charge in [-0.25, -0.2) is 9.79 Å². The molecule has 0 saturated heterocycles. The van der Waals surface area contributed by atoms with E-state index in [1.165, 1.54) is 6.08 Å². The fourth-order valence-corrected chi connectivity index (χ4v) is 2.15. The predicted molar refractivity (Wildman–Crippen MR) is 57.2 cm³/mol. The SMILES string of the molecule is O=C=NCCC1(C(=O)O)CC=CCC1C(=O)O. The van der Waals surface area contributed by atoms with Crippen LogP contribution in [0.4, 0.5) is 0 Å². The number of carboxylic acid groups (broad SMARTS) is 2. The zero-order chi connectivity index (χ0) is 12.9. The summed E-state index contributed by atoms with van der Waals surface area (Å²) in [5.41, 5.74) is -1.37. The lowest BCUT2D eigenvalue weighted by Gasteiger charge is -2.35. The van der Waals surface area contributed by atoms with Crippen LogP contribution in [0.15, 0.2) is 17.1 Å². The number of carboxylic acids is 2. The van der Waals surface area contributed by atoms with E-state index in [1.807, 2.05) is 0 Å². The second-order valence-corrected chi connectivity index (χ2v) is 3.99. The Morgan fingerprint density at radius 2 is 2.12 bits per heavy atom. The van der Waals surface area contributed by atoms with Crippen LogP contribution < -0.4 is 0 Å². The van der Waals surface area contributed by atoms with Crippen molar-refractivity contribution in [3.05, 3.63) is 12.2 Å². The first-order valence-electron chi connectivity index (χ1n) is 5.19. The van der Waals surface area contributed by atoms with Gasteiger partial charge in [-0.3, -0.25) is 9.59 Å². The van der Waals surface area contributed by atoms with Crippen molar-refractivity contribution in [3.63, 3.8) is 0 Å². The Balaban J connectivity index is 3.01. The summed E-state index contributed by atoms with van der Waals surface area (Å²) in [5.74, 6) is -3.27. The molecule has 0 saturated carbocycles. The first-order valence-corrected chi connectivity index (χ1v) is 5.19. The van der Waals surface area contributed by atoms with E-state index in [9.17, 15) is 19.5 Å². The van der Waals surface area contributed by atoms with Crippen LogP contribution in [0.25, 0.3) is 0 Å². The van der Waals surface area contributed by atoms with Gasteiger partial charge in [-0.2, -0.15) is 0 Å². The van der Waals surface area contributed by atoms with Crippen LogP contribution in [0.3, 0.4) is 0 Å². The molecule has 0 aromatic rings. The Morgan fingerprint density at radius 3 is 2.65 bits per heavy atom. The average Bonchev–Trinajstić information content (AvgIpc) is 2.29. The van der Waals surface area contributed by atoms with Crippen LogP contribution in [0.5, 0.6) is 0 Å². The Bertz CT molecular complexity index is 397. The second-order valence-electron chi connectivity index (χ2n) is 3.99. The van der Waals surface area contributed by atoms with E-state index in [0.717, 1.165) is 0 Å². The summed E-state index contributed by atoms with van der Waals surface area (Å²) >= 11 is 0. The van der Waals surface area contributed by atoms with Gasteiger partial charge in [0.15, 0.2) is 0 Å². The van der Waals surface area contributed by atoms with Crippen LogP contribution in [0.2, 0.25) is 0 Å². The van der Waals surface area contributed by atoms with E-state index >= 15 is 0 Å². The summed E-state index contributed by atoms with van der Waals surface area (Å²) in [6.45, 7) is -0.0204. The molecule has 0 spiro atoms. The van der Waals surface area contributed by atoms with Crippen LogP contribution in [-0.2, 0) is 14.4 Å². The van der Waals surface area contributed by atoms with Gasteiger partial charge in [0.25, 0.3) is 0 Å². The summed E-state index contributed by atoms with van der Waals surface area (Å²) < 4.78 is 0. The van der Waals surface area contributed by atoms with Gasteiger partial charge in [0, 0.05) is 0 Å². The molecule has 0 fully saturated rings. The number of hydrogen-bond acceptors (Lipinski definition) is 4. The predicted octanol–water partition coefficient (Wildman–Crippen LogP) is 0.834. The Labute approximate surface area is 97.7 Å². The molecule has 1 rings (SSSR count). The van der Waals surface area contributed by atoms with Gasteiger partial charge < -0.3 is 10.2 Å². The lowest BCUT2D eigenvalue weighted by Crippen LogP contribution is -2.44. The quantitative estimate of drug-likeness (QED) is 0.420. The molecule has 0 aromatic heterocycles. The molecule has 92 valence electrons. The Hall–Kier alpha value is -1.94. The standard InChI is InChI=1S/C11H13NO5/c13-7-12-6-5-11(10(16)17)4-2-1-3-8(11)9(14)15/h1-2,8H,3-6H2,(H,14,15)(H,16,17). The molecule has 0 aromatic carbocycles. The minimum absolute atomic E-state index is 0.0204. The van der Waals surface area contributed by atoms with E-state index in [4.69, 9.17) is 5.11 Å². The largest absolute Gasteiger partial charge is 0.481 e. The highest BCUT2D eigenvalue weighted by atomic mass is 16.4. The molecule has 6 nitrogen and oxygen atoms in total. The van der Waals surface area contributed by atoms with Gasteiger partial charge in [-0.05, 0) is 19.3 Å². The second kappa shape index (κ2) is 5.41. The monoisotopic (exact) mass is 239 g/mol. The molecule has 2 N–H and O–H groups in total. The molecule has 0 aliphatic heterocycles. The van der Waals surface area contributed by atoms with Gasteiger partial charge >= 0.3 is 11.9 Å². The fraction of sp³-hybridized carbons (Fsp3) is 0.545. The van der Waals surface area contributed by atoms with Crippen molar-refractivity contribution in [2.75, 3.05) is 6.54 Å². The third-order valence-corrected chi connectivity index (χ3v) is 3.15. The first kappa shape index (κ1) is 13.1. The topological polar surface area (TPSA) is 104 Å². The number of carbonyl (C=O) groups is 2. The van der Waals surface area contributed by atoms with Gasteiger partial charge in [0.05, 0.1) is 17.9 Å². The van der Waals surface area contributed by atoms with Crippen LogP contribution in [0, 0.1) is 11.3 Å². The number of rotatable bonds is 5. The number of aliphatic carboxylic acids is 2. The number of allylic oxidation sites excluding steroid dienone is 2.